The van der Waals surface area contributed by atoms with Crippen molar-refractivity contribution in [3.8, 4) is 0 Å². The Hall–Kier alpha value is -4.66. The third-order valence-corrected chi connectivity index (χ3v) is 9.45. The summed E-state index contributed by atoms with van der Waals surface area (Å²) in [6, 6.07) is 38.0. The molecule has 3 heterocycles. The number of hydrogen-bond acceptors (Lipinski definition) is 12. The van der Waals surface area contributed by atoms with E-state index in [0.29, 0.717) is 12.2 Å². The Morgan fingerprint density at radius 1 is 0.648 bits per heavy atom. The zero-order valence-corrected chi connectivity index (χ0v) is 29.9. The maximum Gasteiger partial charge on any atom is 0.509 e. The van der Waals surface area contributed by atoms with Crippen LogP contribution in [0.1, 0.15) is 33.5 Å². The zero-order chi connectivity index (χ0) is 37.1. The summed E-state index contributed by atoms with van der Waals surface area (Å²) in [7, 11) is 1.56. The Bertz CT molecular complexity index is 1740. The van der Waals surface area contributed by atoms with Crippen molar-refractivity contribution in [1.29, 1.82) is 0 Å². The van der Waals surface area contributed by atoms with E-state index in [0.717, 1.165) is 16.7 Å². The van der Waals surface area contributed by atoms with Crippen molar-refractivity contribution in [1.82, 2.24) is 0 Å². The second kappa shape index (κ2) is 18.6. The maximum atomic E-state index is 12.9. The van der Waals surface area contributed by atoms with E-state index in [1.54, 1.807) is 37.4 Å². The van der Waals surface area contributed by atoms with E-state index in [1.807, 2.05) is 91.0 Å². The van der Waals surface area contributed by atoms with Gasteiger partial charge in [0.2, 0.25) is 0 Å². The fourth-order valence-electron chi connectivity index (χ4n) is 6.77. The molecule has 3 aliphatic heterocycles. The van der Waals surface area contributed by atoms with Gasteiger partial charge in [-0.2, -0.15) is 0 Å². The molecule has 4 aromatic rings. The minimum absolute atomic E-state index is 0.116. The largest absolute Gasteiger partial charge is 0.509 e. The zero-order valence-electron chi connectivity index (χ0n) is 29.9. The molecule has 9 atom stereocenters. The number of hydrogen-bond donors (Lipinski definition) is 0. The maximum absolute atomic E-state index is 12.9. The van der Waals surface area contributed by atoms with Gasteiger partial charge in [0.25, 0.3) is 0 Å². The van der Waals surface area contributed by atoms with Gasteiger partial charge in [-0.05, 0) is 28.8 Å². The third kappa shape index (κ3) is 9.71. The van der Waals surface area contributed by atoms with Crippen LogP contribution in [-0.2, 0) is 67.2 Å². The van der Waals surface area contributed by atoms with Gasteiger partial charge in [-0.3, -0.25) is 0 Å². The Labute approximate surface area is 314 Å². The molecule has 0 unspecified atom stereocenters. The lowest BCUT2D eigenvalue weighted by Crippen LogP contribution is -2.63. The SMILES string of the molecule is CO[C@H]1O[C@H](COCc2ccccc2)[C@@H](O[C@@H]2C[C@H]3OC(=O)O[C@H]3[C@@H](COC(=O)c3ccccc3)O2)[C@H](OCc2ccccc2)[C@H]1OCc1ccccc1. The summed E-state index contributed by atoms with van der Waals surface area (Å²) < 4.78 is 61.7. The fraction of sp³-hybridized carbons (Fsp3) is 0.381. The molecule has 0 bridgehead atoms. The van der Waals surface area contributed by atoms with Gasteiger partial charge < -0.3 is 47.4 Å². The minimum atomic E-state index is -0.955. The number of methoxy groups -OCH3 is 1. The normalized spacial score (nSPS) is 27.7. The van der Waals surface area contributed by atoms with Gasteiger partial charge in [0, 0.05) is 13.5 Å². The van der Waals surface area contributed by atoms with E-state index < -0.39 is 67.4 Å². The predicted molar refractivity (Wildman–Crippen MR) is 192 cm³/mol. The average Bonchev–Trinajstić information content (AvgIpc) is 3.60. The van der Waals surface area contributed by atoms with E-state index in [2.05, 4.69) is 0 Å². The van der Waals surface area contributed by atoms with Crippen molar-refractivity contribution in [2.24, 2.45) is 0 Å². The number of benzene rings is 4. The molecule has 7 rings (SSSR count). The first kappa shape index (κ1) is 37.6. The molecule has 54 heavy (non-hydrogen) atoms. The molecule has 4 aromatic carbocycles. The number of carbonyl (C=O) groups is 2. The fourth-order valence-corrected chi connectivity index (χ4v) is 6.77. The highest BCUT2D eigenvalue weighted by Crippen LogP contribution is 2.36. The van der Waals surface area contributed by atoms with Crippen LogP contribution in [-0.4, -0.2) is 87.8 Å². The molecule has 0 N–H and O–H groups in total. The number of carbonyl (C=O) groups excluding carboxylic acids is 2. The summed E-state index contributed by atoms with van der Waals surface area (Å²) in [5.74, 6) is -0.543. The molecule has 0 aromatic heterocycles. The molecule has 0 spiro atoms. The van der Waals surface area contributed by atoms with Crippen LogP contribution >= 0.6 is 0 Å². The number of esters is 1. The van der Waals surface area contributed by atoms with Gasteiger partial charge in [0.15, 0.2) is 18.7 Å². The van der Waals surface area contributed by atoms with Crippen molar-refractivity contribution in [3.63, 3.8) is 0 Å². The Morgan fingerprint density at radius 2 is 1.22 bits per heavy atom. The second-order valence-corrected chi connectivity index (χ2v) is 13.2. The van der Waals surface area contributed by atoms with Crippen LogP contribution in [0.4, 0.5) is 4.79 Å². The quantitative estimate of drug-likeness (QED) is 0.125. The van der Waals surface area contributed by atoms with Gasteiger partial charge in [-0.15, -0.1) is 0 Å². The minimum Gasteiger partial charge on any atom is -0.459 e. The molecule has 3 saturated heterocycles. The molecule has 3 fully saturated rings. The van der Waals surface area contributed by atoms with Crippen molar-refractivity contribution in [3.05, 3.63) is 144 Å². The Morgan fingerprint density at radius 3 is 1.83 bits per heavy atom. The monoisotopic (exact) mass is 740 g/mol. The molecule has 3 aliphatic rings. The average molecular weight is 741 g/mol. The van der Waals surface area contributed by atoms with Crippen LogP contribution < -0.4 is 0 Å². The highest BCUT2D eigenvalue weighted by atomic mass is 16.8. The lowest BCUT2D eigenvalue weighted by atomic mass is 9.97. The topological polar surface area (TPSA) is 126 Å². The molecule has 0 radical (unpaired) electrons. The molecule has 284 valence electrons. The highest BCUT2D eigenvalue weighted by Gasteiger charge is 2.53. The van der Waals surface area contributed by atoms with Gasteiger partial charge in [0.1, 0.15) is 43.2 Å². The number of ether oxygens (including phenoxy) is 10. The summed E-state index contributed by atoms with van der Waals surface area (Å²) in [5, 5.41) is 0. The first-order chi connectivity index (χ1) is 26.5. The van der Waals surface area contributed by atoms with Crippen molar-refractivity contribution in [2.45, 2.75) is 81.5 Å². The summed E-state index contributed by atoms with van der Waals surface area (Å²) in [6.07, 6.45) is -7.94. The van der Waals surface area contributed by atoms with Crippen LogP contribution in [0.25, 0.3) is 0 Å². The van der Waals surface area contributed by atoms with Gasteiger partial charge in [-0.1, -0.05) is 109 Å². The van der Waals surface area contributed by atoms with E-state index >= 15 is 0 Å². The summed E-state index contributed by atoms with van der Waals surface area (Å²) in [5.41, 5.74) is 3.27. The molecule has 0 amide bonds. The summed E-state index contributed by atoms with van der Waals surface area (Å²) in [6.45, 7) is 0.738. The van der Waals surface area contributed by atoms with E-state index in [1.165, 1.54) is 0 Å². The Kier molecular flexibility index (Phi) is 13.0. The van der Waals surface area contributed by atoms with E-state index in [4.69, 9.17) is 47.4 Å². The molecule has 0 aliphatic carbocycles. The van der Waals surface area contributed by atoms with E-state index in [-0.39, 0.29) is 32.8 Å². The lowest BCUT2D eigenvalue weighted by molar-refractivity contribution is -0.349. The first-order valence-electron chi connectivity index (χ1n) is 18.1. The van der Waals surface area contributed by atoms with Crippen molar-refractivity contribution >= 4 is 12.1 Å². The van der Waals surface area contributed by atoms with Crippen molar-refractivity contribution in [2.75, 3.05) is 20.3 Å². The standard InChI is InChI=1S/C42H44O12/c1-45-41-39(48-25-30-18-10-4-11-19-30)38(47-24-29-16-8-3-9-17-29)37(33(51-41)26-46-23-28-14-6-2-7-15-28)53-35-22-32-36(54-42(44)52-32)34(50-35)27-49-40(43)31-20-12-5-13-21-31/h2-21,32-39,41H,22-27H2,1H3/t32-,33-,34-,35-,36-,37-,38+,39-,41+/m1/s1. The Balaban J connectivity index is 1.15. The van der Waals surface area contributed by atoms with Crippen LogP contribution in [0.2, 0.25) is 0 Å². The number of rotatable bonds is 16. The highest BCUT2D eigenvalue weighted by molar-refractivity contribution is 5.89. The van der Waals surface area contributed by atoms with Gasteiger partial charge in [-0.25, -0.2) is 9.59 Å². The molecule has 12 nitrogen and oxygen atoms in total. The van der Waals surface area contributed by atoms with Gasteiger partial charge >= 0.3 is 12.1 Å². The van der Waals surface area contributed by atoms with Crippen LogP contribution in [0, 0.1) is 0 Å². The van der Waals surface area contributed by atoms with Gasteiger partial charge in [0.05, 0.1) is 32.0 Å². The molecular weight excluding hydrogens is 696 g/mol. The third-order valence-electron chi connectivity index (χ3n) is 9.45. The van der Waals surface area contributed by atoms with Crippen molar-refractivity contribution < 1.29 is 57.0 Å². The van der Waals surface area contributed by atoms with Crippen LogP contribution in [0.15, 0.2) is 121 Å². The molecular formula is C42H44O12. The lowest BCUT2D eigenvalue weighted by Gasteiger charge is -2.47. The molecule has 12 heteroatoms. The predicted octanol–water partition coefficient (Wildman–Crippen LogP) is 6.01. The van der Waals surface area contributed by atoms with Crippen LogP contribution in [0.3, 0.4) is 0 Å². The number of fused-ring (bicyclic) bond motifs is 1. The summed E-state index contributed by atoms with van der Waals surface area (Å²) in [4.78, 5) is 25.2. The smallest absolute Gasteiger partial charge is 0.459 e. The molecule has 0 saturated carbocycles. The second-order valence-electron chi connectivity index (χ2n) is 13.2. The van der Waals surface area contributed by atoms with E-state index in [9.17, 15) is 9.59 Å². The van der Waals surface area contributed by atoms with Crippen LogP contribution in [0.5, 0.6) is 0 Å². The first-order valence-corrected chi connectivity index (χ1v) is 18.1. The summed E-state index contributed by atoms with van der Waals surface area (Å²) >= 11 is 0.